The van der Waals surface area contributed by atoms with Crippen molar-refractivity contribution in [3.8, 4) is 0 Å². The minimum atomic E-state index is 0.0532. The van der Waals surface area contributed by atoms with Gasteiger partial charge in [-0.3, -0.25) is 4.79 Å². The number of rotatable bonds is 2. The molecule has 2 nitrogen and oxygen atoms in total. The molecule has 0 aliphatic heterocycles. The second-order valence-electron chi connectivity index (χ2n) is 3.28. The highest BCUT2D eigenvalue weighted by molar-refractivity contribution is 5.92. The average molecular weight is 161 g/mol. The molecule has 0 saturated heterocycles. The van der Waals surface area contributed by atoms with Crippen LogP contribution < -0.4 is 0 Å². The summed E-state index contributed by atoms with van der Waals surface area (Å²) in [6, 6.07) is 5.69. The lowest BCUT2D eigenvalue weighted by Gasteiger charge is -1.98. The normalized spacial score (nSPS) is 16.1. The van der Waals surface area contributed by atoms with Crippen LogP contribution in [0.2, 0.25) is 0 Å². The number of aromatic nitrogens is 1. The smallest absolute Gasteiger partial charge is 0.178 e. The minimum Gasteiger partial charge on any atom is -0.293 e. The Morgan fingerprint density at radius 3 is 2.83 bits per heavy atom. The molecule has 0 atom stereocenters. The van der Waals surface area contributed by atoms with Gasteiger partial charge in [0.2, 0.25) is 0 Å². The largest absolute Gasteiger partial charge is 0.293 e. The Bertz CT molecular complexity index is 315. The zero-order chi connectivity index (χ0) is 8.55. The van der Waals surface area contributed by atoms with Gasteiger partial charge in [-0.25, -0.2) is 4.98 Å². The van der Waals surface area contributed by atoms with Crippen LogP contribution in [-0.2, 0) is 0 Å². The number of ketones is 1. The van der Waals surface area contributed by atoms with Crippen LogP contribution in [-0.4, -0.2) is 10.8 Å². The SMILES string of the molecule is CC(=O)c1cccc(C2CC2)n1. The summed E-state index contributed by atoms with van der Waals surface area (Å²) >= 11 is 0. The van der Waals surface area contributed by atoms with Gasteiger partial charge in [0.15, 0.2) is 5.78 Å². The van der Waals surface area contributed by atoms with Gasteiger partial charge in [-0.1, -0.05) is 6.07 Å². The van der Waals surface area contributed by atoms with Crippen molar-refractivity contribution in [1.82, 2.24) is 4.98 Å². The van der Waals surface area contributed by atoms with Crippen LogP contribution >= 0.6 is 0 Å². The molecule has 0 spiro atoms. The van der Waals surface area contributed by atoms with Crippen LogP contribution in [0, 0.1) is 0 Å². The molecule has 0 radical (unpaired) electrons. The summed E-state index contributed by atoms with van der Waals surface area (Å²) in [4.78, 5) is 15.3. The van der Waals surface area contributed by atoms with Crippen molar-refractivity contribution in [2.75, 3.05) is 0 Å². The van der Waals surface area contributed by atoms with Crippen LogP contribution in [0.4, 0.5) is 0 Å². The highest BCUT2D eigenvalue weighted by Gasteiger charge is 2.25. The highest BCUT2D eigenvalue weighted by Crippen LogP contribution is 2.38. The van der Waals surface area contributed by atoms with Gasteiger partial charge >= 0.3 is 0 Å². The van der Waals surface area contributed by atoms with Crippen molar-refractivity contribution >= 4 is 5.78 Å². The van der Waals surface area contributed by atoms with Crippen molar-refractivity contribution in [2.24, 2.45) is 0 Å². The minimum absolute atomic E-state index is 0.0532. The zero-order valence-electron chi connectivity index (χ0n) is 7.08. The van der Waals surface area contributed by atoms with Gasteiger partial charge < -0.3 is 0 Å². The average Bonchev–Trinajstić information content (AvgIpc) is 2.87. The molecule has 1 aromatic rings. The number of carbonyl (C=O) groups is 1. The van der Waals surface area contributed by atoms with Crippen LogP contribution in [0.3, 0.4) is 0 Å². The Kier molecular flexibility index (Phi) is 1.68. The van der Waals surface area contributed by atoms with Crippen molar-refractivity contribution in [3.63, 3.8) is 0 Å². The molecule has 1 saturated carbocycles. The molecular formula is C10H11NO. The summed E-state index contributed by atoms with van der Waals surface area (Å²) in [5.74, 6) is 0.682. The first-order chi connectivity index (χ1) is 5.77. The van der Waals surface area contributed by atoms with E-state index in [1.54, 1.807) is 13.0 Å². The molecule has 1 aromatic heterocycles. The molecule has 1 fully saturated rings. The van der Waals surface area contributed by atoms with Crippen LogP contribution in [0.5, 0.6) is 0 Å². The molecule has 62 valence electrons. The lowest BCUT2D eigenvalue weighted by atomic mass is 10.2. The summed E-state index contributed by atoms with van der Waals surface area (Å²) < 4.78 is 0. The molecule has 2 heteroatoms. The molecule has 1 aliphatic rings. The third-order valence-corrected chi connectivity index (χ3v) is 2.13. The molecule has 0 unspecified atom stereocenters. The quantitative estimate of drug-likeness (QED) is 0.622. The van der Waals surface area contributed by atoms with Crippen LogP contribution in [0.15, 0.2) is 18.2 Å². The summed E-state index contributed by atoms with van der Waals surface area (Å²) in [6.45, 7) is 1.55. The second-order valence-corrected chi connectivity index (χ2v) is 3.28. The van der Waals surface area contributed by atoms with Crippen LogP contribution in [0.1, 0.15) is 41.9 Å². The van der Waals surface area contributed by atoms with Crippen molar-refractivity contribution in [1.29, 1.82) is 0 Å². The van der Waals surface area contributed by atoms with Crippen LogP contribution in [0.25, 0.3) is 0 Å². The Labute approximate surface area is 71.6 Å². The first-order valence-corrected chi connectivity index (χ1v) is 4.25. The summed E-state index contributed by atoms with van der Waals surface area (Å²) in [5, 5.41) is 0. The van der Waals surface area contributed by atoms with E-state index < -0.39 is 0 Å². The van der Waals surface area contributed by atoms with Gasteiger partial charge in [0.05, 0.1) is 0 Å². The fourth-order valence-corrected chi connectivity index (χ4v) is 1.25. The van der Waals surface area contributed by atoms with E-state index in [0.717, 1.165) is 5.69 Å². The van der Waals surface area contributed by atoms with Gasteiger partial charge in [0.25, 0.3) is 0 Å². The Morgan fingerprint density at radius 2 is 2.25 bits per heavy atom. The van der Waals surface area contributed by atoms with E-state index in [1.165, 1.54) is 12.8 Å². The molecule has 0 aromatic carbocycles. The third-order valence-electron chi connectivity index (χ3n) is 2.13. The Balaban J connectivity index is 2.32. The fourth-order valence-electron chi connectivity index (χ4n) is 1.25. The van der Waals surface area contributed by atoms with Gasteiger partial charge in [0, 0.05) is 18.5 Å². The standard InChI is InChI=1S/C10H11NO/c1-7(12)9-3-2-4-10(11-9)8-5-6-8/h2-4,8H,5-6H2,1H3. The lowest BCUT2D eigenvalue weighted by molar-refractivity contribution is 0.101. The van der Waals surface area contributed by atoms with Crippen molar-refractivity contribution in [3.05, 3.63) is 29.6 Å². The number of nitrogens with zero attached hydrogens (tertiary/aromatic N) is 1. The van der Waals surface area contributed by atoms with Gasteiger partial charge in [-0.15, -0.1) is 0 Å². The molecule has 1 aliphatic carbocycles. The molecule has 2 rings (SSSR count). The number of pyridine rings is 1. The van der Waals surface area contributed by atoms with Crippen molar-refractivity contribution in [2.45, 2.75) is 25.7 Å². The highest BCUT2D eigenvalue weighted by atomic mass is 16.1. The predicted molar refractivity (Wildman–Crippen MR) is 46.2 cm³/mol. The molecule has 1 heterocycles. The molecule has 0 N–H and O–H groups in total. The first kappa shape index (κ1) is 7.47. The van der Waals surface area contributed by atoms with E-state index in [2.05, 4.69) is 4.98 Å². The molecule has 12 heavy (non-hydrogen) atoms. The molecular weight excluding hydrogens is 150 g/mol. The summed E-state index contributed by atoms with van der Waals surface area (Å²) in [5.41, 5.74) is 1.68. The zero-order valence-corrected chi connectivity index (χ0v) is 7.08. The van der Waals surface area contributed by atoms with E-state index in [4.69, 9.17) is 0 Å². The monoisotopic (exact) mass is 161 g/mol. The maximum absolute atomic E-state index is 11.0. The van der Waals surface area contributed by atoms with E-state index in [0.29, 0.717) is 11.6 Å². The number of hydrogen-bond donors (Lipinski definition) is 0. The third kappa shape index (κ3) is 1.37. The van der Waals surface area contributed by atoms with Gasteiger partial charge in [-0.2, -0.15) is 0 Å². The lowest BCUT2D eigenvalue weighted by Crippen LogP contribution is -1.98. The first-order valence-electron chi connectivity index (χ1n) is 4.25. The predicted octanol–water partition coefficient (Wildman–Crippen LogP) is 2.16. The maximum atomic E-state index is 11.0. The second kappa shape index (κ2) is 2.70. The molecule has 0 bridgehead atoms. The Hall–Kier alpha value is -1.18. The topological polar surface area (TPSA) is 30.0 Å². The number of hydrogen-bond acceptors (Lipinski definition) is 2. The fraction of sp³-hybridized carbons (Fsp3) is 0.400. The number of Topliss-reactive ketones (excluding diaryl/α,β-unsaturated/α-hetero) is 1. The van der Waals surface area contributed by atoms with E-state index >= 15 is 0 Å². The Morgan fingerprint density at radius 1 is 1.50 bits per heavy atom. The summed E-state index contributed by atoms with van der Waals surface area (Å²) in [6.07, 6.45) is 2.46. The van der Waals surface area contributed by atoms with E-state index in [1.807, 2.05) is 12.1 Å². The van der Waals surface area contributed by atoms with Gasteiger partial charge in [-0.05, 0) is 25.0 Å². The number of carbonyl (C=O) groups excluding carboxylic acids is 1. The van der Waals surface area contributed by atoms with Gasteiger partial charge in [0.1, 0.15) is 5.69 Å². The van der Waals surface area contributed by atoms with E-state index in [9.17, 15) is 4.79 Å². The van der Waals surface area contributed by atoms with E-state index in [-0.39, 0.29) is 5.78 Å². The molecule has 0 amide bonds. The summed E-state index contributed by atoms with van der Waals surface area (Å²) in [7, 11) is 0. The van der Waals surface area contributed by atoms with Crippen molar-refractivity contribution < 1.29 is 4.79 Å². The maximum Gasteiger partial charge on any atom is 0.178 e.